The van der Waals surface area contributed by atoms with E-state index < -0.39 is 0 Å². The van der Waals surface area contributed by atoms with E-state index in [9.17, 15) is 4.79 Å². The summed E-state index contributed by atoms with van der Waals surface area (Å²) in [6.45, 7) is 4.65. The molecule has 148 valence electrons. The van der Waals surface area contributed by atoms with Gasteiger partial charge in [0, 0.05) is 12.2 Å². The molecule has 1 aliphatic heterocycles. The minimum Gasteiger partial charge on any atom is -0.491 e. The summed E-state index contributed by atoms with van der Waals surface area (Å²) >= 11 is 0. The number of fused-ring (bicyclic) bond motifs is 1. The van der Waals surface area contributed by atoms with Gasteiger partial charge in [0.15, 0.2) is 0 Å². The van der Waals surface area contributed by atoms with Crippen LogP contribution in [-0.2, 0) is 6.42 Å². The molecular weight excluding hydrogens is 360 g/mol. The van der Waals surface area contributed by atoms with Gasteiger partial charge in [0.1, 0.15) is 11.9 Å². The lowest BCUT2D eigenvalue weighted by Crippen LogP contribution is -2.44. The minimum atomic E-state index is -0.239. The van der Waals surface area contributed by atoms with E-state index in [2.05, 4.69) is 17.4 Å². The number of carbonyl (C=O) groups is 1. The summed E-state index contributed by atoms with van der Waals surface area (Å²) in [5.74, 6) is 0.865. The Morgan fingerprint density at radius 1 is 0.966 bits per heavy atom. The monoisotopic (exact) mass is 386 g/mol. The van der Waals surface area contributed by atoms with Crippen LogP contribution >= 0.6 is 0 Å². The number of amides is 1. The Hall–Kier alpha value is -3.27. The summed E-state index contributed by atoms with van der Waals surface area (Å²) in [5.41, 5.74) is 3.81. The molecule has 3 aromatic carbocycles. The van der Waals surface area contributed by atoms with Crippen molar-refractivity contribution >= 4 is 11.6 Å². The van der Waals surface area contributed by atoms with Crippen LogP contribution in [0.15, 0.2) is 78.9 Å². The van der Waals surface area contributed by atoms with Crippen molar-refractivity contribution in [3.63, 3.8) is 0 Å². The largest absolute Gasteiger partial charge is 0.491 e. The SMILES string of the molecule is CC(C)Oc1cccc(C2Nc3ccccc3C(=O)N2CCc2ccccc2)c1. The van der Waals surface area contributed by atoms with Crippen molar-refractivity contribution in [3.05, 3.63) is 95.6 Å². The molecule has 0 saturated carbocycles. The second-order valence-electron chi connectivity index (χ2n) is 7.57. The average Bonchev–Trinajstić information content (AvgIpc) is 2.73. The molecular formula is C25H26N2O2. The van der Waals surface area contributed by atoms with Crippen molar-refractivity contribution in [2.24, 2.45) is 0 Å². The lowest BCUT2D eigenvalue weighted by Gasteiger charge is -2.38. The van der Waals surface area contributed by atoms with Gasteiger partial charge in [-0.2, -0.15) is 0 Å². The van der Waals surface area contributed by atoms with E-state index >= 15 is 0 Å². The molecule has 1 amide bonds. The molecule has 1 heterocycles. The van der Waals surface area contributed by atoms with Gasteiger partial charge in [0.05, 0.1) is 11.7 Å². The van der Waals surface area contributed by atoms with Crippen molar-refractivity contribution in [2.45, 2.75) is 32.5 Å². The number of anilines is 1. The first kappa shape index (κ1) is 19.1. The van der Waals surface area contributed by atoms with Crippen LogP contribution in [0.1, 0.15) is 41.5 Å². The fraction of sp³-hybridized carbons (Fsp3) is 0.240. The fourth-order valence-electron chi connectivity index (χ4n) is 3.71. The zero-order chi connectivity index (χ0) is 20.2. The summed E-state index contributed by atoms with van der Waals surface area (Å²) in [6, 6.07) is 26.0. The molecule has 1 N–H and O–H groups in total. The number of nitrogens with zero attached hydrogens (tertiary/aromatic N) is 1. The van der Waals surface area contributed by atoms with Crippen molar-refractivity contribution in [1.29, 1.82) is 0 Å². The highest BCUT2D eigenvalue weighted by atomic mass is 16.5. The maximum atomic E-state index is 13.3. The third-order valence-corrected chi connectivity index (χ3v) is 5.05. The highest BCUT2D eigenvalue weighted by Crippen LogP contribution is 2.34. The van der Waals surface area contributed by atoms with Crippen LogP contribution < -0.4 is 10.1 Å². The molecule has 0 fully saturated rings. The van der Waals surface area contributed by atoms with Gasteiger partial charge in [-0.15, -0.1) is 0 Å². The molecule has 29 heavy (non-hydrogen) atoms. The van der Waals surface area contributed by atoms with E-state index in [1.165, 1.54) is 5.56 Å². The second kappa shape index (κ2) is 8.39. The first-order valence-electron chi connectivity index (χ1n) is 10.1. The summed E-state index contributed by atoms with van der Waals surface area (Å²) < 4.78 is 5.88. The van der Waals surface area contributed by atoms with Crippen molar-refractivity contribution in [1.82, 2.24) is 4.90 Å². The average molecular weight is 386 g/mol. The highest BCUT2D eigenvalue weighted by molar-refractivity contribution is 6.01. The predicted octanol–water partition coefficient (Wildman–Crippen LogP) is 5.28. The van der Waals surface area contributed by atoms with E-state index in [4.69, 9.17) is 4.74 Å². The molecule has 1 unspecified atom stereocenters. The predicted molar refractivity (Wildman–Crippen MR) is 116 cm³/mol. The lowest BCUT2D eigenvalue weighted by molar-refractivity contribution is 0.0685. The number of para-hydroxylation sites is 1. The molecule has 0 aliphatic carbocycles. The third kappa shape index (κ3) is 4.27. The Kier molecular flexibility index (Phi) is 5.52. The standard InChI is InChI=1S/C25H26N2O2/c1-18(2)29-21-12-8-11-20(17-21)24-26-23-14-7-6-13-22(23)25(28)27(24)16-15-19-9-4-3-5-10-19/h3-14,17-18,24,26H,15-16H2,1-2H3. The molecule has 0 spiro atoms. The van der Waals surface area contributed by atoms with Gasteiger partial charge in [0.25, 0.3) is 5.91 Å². The van der Waals surface area contributed by atoms with Crippen LogP contribution in [0.25, 0.3) is 0 Å². The number of ether oxygens (including phenoxy) is 1. The normalized spacial score (nSPS) is 15.8. The van der Waals surface area contributed by atoms with Crippen LogP contribution in [-0.4, -0.2) is 23.5 Å². The molecule has 4 nitrogen and oxygen atoms in total. The number of nitrogens with one attached hydrogen (secondary N) is 1. The van der Waals surface area contributed by atoms with Crippen LogP contribution in [0.5, 0.6) is 5.75 Å². The molecule has 1 atom stereocenters. The molecule has 1 aliphatic rings. The first-order valence-corrected chi connectivity index (χ1v) is 10.1. The Labute approximate surface area is 172 Å². The Bertz CT molecular complexity index is 985. The maximum absolute atomic E-state index is 13.3. The van der Waals surface area contributed by atoms with Gasteiger partial charge in [-0.1, -0.05) is 54.6 Å². The smallest absolute Gasteiger partial charge is 0.257 e. The van der Waals surface area contributed by atoms with Crippen molar-refractivity contribution < 1.29 is 9.53 Å². The van der Waals surface area contributed by atoms with Gasteiger partial charge in [-0.3, -0.25) is 4.79 Å². The summed E-state index contributed by atoms with van der Waals surface area (Å²) in [6.07, 6.45) is 0.660. The van der Waals surface area contributed by atoms with E-state index in [0.29, 0.717) is 12.1 Å². The summed E-state index contributed by atoms with van der Waals surface area (Å²) in [7, 11) is 0. The molecule has 0 bridgehead atoms. The third-order valence-electron chi connectivity index (χ3n) is 5.05. The van der Waals surface area contributed by atoms with Crippen LogP contribution in [0.2, 0.25) is 0 Å². The molecule has 4 rings (SSSR count). The zero-order valence-corrected chi connectivity index (χ0v) is 16.8. The van der Waals surface area contributed by atoms with Gasteiger partial charge >= 0.3 is 0 Å². The van der Waals surface area contributed by atoms with Crippen LogP contribution in [0.3, 0.4) is 0 Å². The Morgan fingerprint density at radius 2 is 1.72 bits per heavy atom. The van der Waals surface area contributed by atoms with E-state index in [1.807, 2.05) is 85.5 Å². The summed E-state index contributed by atoms with van der Waals surface area (Å²) in [5, 5.41) is 3.56. The molecule has 0 aromatic heterocycles. The van der Waals surface area contributed by atoms with E-state index in [0.717, 1.165) is 23.4 Å². The van der Waals surface area contributed by atoms with Crippen LogP contribution in [0, 0.1) is 0 Å². The highest BCUT2D eigenvalue weighted by Gasteiger charge is 2.32. The Balaban J connectivity index is 1.66. The van der Waals surface area contributed by atoms with Gasteiger partial charge in [-0.25, -0.2) is 0 Å². The Morgan fingerprint density at radius 3 is 2.52 bits per heavy atom. The van der Waals surface area contributed by atoms with E-state index in [-0.39, 0.29) is 18.2 Å². The first-order chi connectivity index (χ1) is 14.1. The van der Waals surface area contributed by atoms with Crippen molar-refractivity contribution in [3.8, 4) is 5.75 Å². The molecule has 3 aromatic rings. The number of benzene rings is 3. The molecule has 0 saturated heterocycles. The topological polar surface area (TPSA) is 41.6 Å². The molecule has 4 heteroatoms. The van der Waals surface area contributed by atoms with E-state index in [1.54, 1.807) is 0 Å². The number of carbonyl (C=O) groups excluding carboxylic acids is 1. The van der Waals surface area contributed by atoms with Gasteiger partial charge in [-0.05, 0) is 55.7 Å². The van der Waals surface area contributed by atoms with Gasteiger partial charge < -0.3 is 15.0 Å². The quantitative estimate of drug-likeness (QED) is 0.626. The second-order valence-corrected chi connectivity index (χ2v) is 7.57. The van der Waals surface area contributed by atoms with Crippen molar-refractivity contribution in [2.75, 3.05) is 11.9 Å². The molecule has 0 radical (unpaired) electrons. The summed E-state index contributed by atoms with van der Waals surface area (Å²) in [4.78, 5) is 15.3. The fourth-order valence-corrected chi connectivity index (χ4v) is 3.71. The number of hydrogen-bond donors (Lipinski definition) is 1. The minimum absolute atomic E-state index is 0.0514. The zero-order valence-electron chi connectivity index (χ0n) is 16.8. The number of hydrogen-bond acceptors (Lipinski definition) is 3. The number of rotatable bonds is 6. The lowest BCUT2D eigenvalue weighted by atomic mass is 10.0. The maximum Gasteiger partial charge on any atom is 0.257 e. The van der Waals surface area contributed by atoms with Crippen LogP contribution in [0.4, 0.5) is 5.69 Å². The van der Waals surface area contributed by atoms with Gasteiger partial charge in [0.2, 0.25) is 0 Å².